The Bertz CT molecular complexity index is 430. The highest BCUT2D eigenvalue weighted by Gasteiger charge is 2.09. The van der Waals surface area contributed by atoms with E-state index in [-0.39, 0.29) is 11.9 Å². The summed E-state index contributed by atoms with van der Waals surface area (Å²) >= 11 is 0. The number of carbonyl (C=O) groups is 1. The highest BCUT2D eigenvalue weighted by Crippen LogP contribution is 2.13. The Balaban J connectivity index is 2.57. The van der Waals surface area contributed by atoms with Gasteiger partial charge in [0.1, 0.15) is 0 Å². The van der Waals surface area contributed by atoms with Crippen LogP contribution >= 0.6 is 0 Å². The largest absolute Gasteiger partial charge is 0.327 e. The average Bonchev–Trinajstić information content (AvgIpc) is 2.45. The van der Waals surface area contributed by atoms with Gasteiger partial charge in [-0.15, -0.1) is 0 Å². The molecule has 0 saturated heterocycles. The smallest absolute Gasteiger partial charge is 0.225 e. The molecule has 0 spiro atoms. The lowest BCUT2D eigenvalue weighted by Gasteiger charge is -2.18. The van der Waals surface area contributed by atoms with Crippen molar-refractivity contribution in [2.24, 2.45) is 5.73 Å². The number of benzene rings is 1. The first-order chi connectivity index (χ1) is 10.1. The number of nitrogens with one attached hydrogen (secondary N) is 1. The zero-order chi connectivity index (χ0) is 15.7. The number of carbonyl (C=O) groups excluding carboxylic acids is 1. The van der Waals surface area contributed by atoms with Crippen LogP contribution in [0.5, 0.6) is 0 Å². The van der Waals surface area contributed by atoms with Crippen molar-refractivity contribution in [1.29, 1.82) is 0 Å². The molecule has 0 aliphatic carbocycles. The van der Waals surface area contributed by atoms with Gasteiger partial charge in [0.05, 0.1) is 0 Å². The standard InChI is InChI=1S/C17H29N3O/c1-4-8-15(18)12-17(21)19-16-10-7-9-14(11-16)13-20(5-2)6-3/h7,9-11,15H,4-6,8,12-13,18H2,1-3H3,(H,19,21). The van der Waals surface area contributed by atoms with E-state index in [0.29, 0.717) is 6.42 Å². The third-order valence-electron chi connectivity index (χ3n) is 3.62. The van der Waals surface area contributed by atoms with Gasteiger partial charge >= 0.3 is 0 Å². The van der Waals surface area contributed by atoms with Crippen LogP contribution in [0, 0.1) is 0 Å². The van der Waals surface area contributed by atoms with E-state index >= 15 is 0 Å². The molecule has 0 fully saturated rings. The lowest BCUT2D eigenvalue weighted by molar-refractivity contribution is -0.116. The van der Waals surface area contributed by atoms with Crippen molar-refractivity contribution in [3.8, 4) is 0 Å². The molecule has 21 heavy (non-hydrogen) atoms. The Kier molecular flexibility index (Phi) is 8.01. The summed E-state index contributed by atoms with van der Waals surface area (Å²) in [6.07, 6.45) is 2.28. The lowest BCUT2D eigenvalue weighted by Crippen LogP contribution is -2.27. The number of hydrogen-bond donors (Lipinski definition) is 2. The molecule has 0 bridgehead atoms. The van der Waals surface area contributed by atoms with E-state index in [2.05, 4.69) is 37.1 Å². The van der Waals surface area contributed by atoms with E-state index in [1.807, 2.05) is 18.2 Å². The van der Waals surface area contributed by atoms with Crippen molar-refractivity contribution in [3.05, 3.63) is 29.8 Å². The van der Waals surface area contributed by atoms with Crippen LogP contribution < -0.4 is 11.1 Å². The van der Waals surface area contributed by atoms with Gasteiger partial charge in [-0.2, -0.15) is 0 Å². The molecule has 1 amide bonds. The summed E-state index contributed by atoms with van der Waals surface area (Å²) in [6.45, 7) is 9.35. The second-order valence-electron chi connectivity index (χ2n) is 5.46. The van der Waals surface area contributed by atoms with Gasteiger partial charge in [-0.05, 0) is 37.2 Å². The van der Waals surface area contributed by atoms with Gasteiger partial charge < -0.3 is 11.1 Å². The Hall–Kier alpha value is -1.39. The minimum absolute atomic E-state index is 0.00376. The van der Waals surface area contributed by atoms with Gasteiger partial charge in [0.25, 0.3) is 0 Å². The van der Waals surface area contributed by atoms with Crippen LogP contribution in [0.15, 0.2) is 24.3 Å². The molecule has 4 nitrogen and oxygen atoms in total. The van der Waals surface area contributed by atoms with Gasteiger partial charge in [0, 0.05) is 24.7 Å². The van der Waals surface area contributed by atoms with Crippen LogP contribution in [0.1, 0.15) is 45.6 Å². The third kappa shape index (κ3) is 6.74. The first kappa shape index (κ1) is 17.7. The van der Waals surface area contributed by atoms with Gasteiger partial charge in [-0.25, -0.2) is 0 Å². The van der Waals surface area contributed by atoms with Crippen molar-refractivity contribution in [3.63, 3.8) is 0 Å². The third-order valence-corrected chi connectivity index (χ3v) is 3.62. The van der Waals surface area contributed by atoms with Crippen LogP contribution in [0.2, 0.25) is 0 Å². The van der Waals surface area contributed by atoms with Gasteiger partial charge in [-0.1, -0.05) is 39.3 Å². The van der Waals surface area contributed by atoms with E-state index in [0.717, 1.165) is 38.2 Å². The van der Waals surface area contributed by atoms with Crippen molar-refractivity contribution in [2.75, 3.05) is 18.4 Å². The van der Waals surface area contributed by atoms with Crippen LogP contribution in [0.25, 0.3) is 0 Å². The summed E-state index contributed by atoms with van der Waals surface area (Å²) in [5.74, 6) is -0.00376. The van der Waals surface area contributed by atoms with Crippen molar-refractivity contribution >= 4 is 11.6 Å². The van der Waals surface area contributed by atoms with Crippen LogP contribution in [0.3, 0.4) is 0 Å². The number of rotatable bonds is 9. The summed E-state index contributed by atoms with van der Waals surface area (Å²) in [5, 5.41) is 2.94. The maximum absolute atomic E-state index is 11.9. The monoisotopic (exact) mass is 291 g/mol. The van der Waals surface area contributed by atoms with Gasteiger partial charge in [0.2, 0.25) is 5.91 Å². The van der Waals surface area contributed by atoms with E-state index in [9.17, 15) is 4.79 Å². The molecule has 4 heteroatoms. The van der Waals surface area contributed by atoms with Crippen LogP contribution in [-0.4, -0.2) is 29.9 Å². The Morgan fingerprint density at radius 3 is 2.62 bits per heavy atom. The molecule has 0 aliphatic rings. The second kappa shape index (κ2) is 9.53. The molecule has 0 heterocycles. The Morgan fingerprint density at radius 1 is 1.29 bits per heavy atom. The summed E-state index contributed by atoms with van der Waals surface area (Å²) in [7, 11) is 0. The molecule has 1 aromatic rings. The van der Waals surface area contributed by atoms with Crippen molar-refractivity contribution < 1.29 is 4.79 Å². The van der Waals surface area contributed by atoms with E-state index in [1.54, 1.807) is 0 Å². The molecule has 118 valence electrons. The normalized spacial score (nSPS) is 12.4. The molecule has 0 aliphatic heterocycles. The molecule has 0 aromatic heterocycles. The molecule has 3 N–H and O–H groups in total. The highest BCUT2D eigenvalue weighted by atomic mass is 16.1. The summed E-state index contributed by atoms with van der Waals surface area (Å²) < 4.78 is 0. The number of nitrogens with zero attached hydrogens (tertiary/aromatic N) is 1. The molecule has 1 aromatic carbocycles. The molecule has 1 atom stereocenters. The highest BCUT2D eigenvalue weighted by molar-refractivity contribution is 5.91. The zero-order valence-electron chi connectivity index (χ0n) is 13.6. The number of amides is 1. The zero-order valence-corrected chi connectivity index (χ0v) is 13.6. The first-order valence-corrected chi connectivity index (χ1v) is 7.95. The summed E-state index contributed by atoms with van der Waals surface area (Å²) in [5.41, 5.74) is 7.98. The number of anilines is 1. The predicted octanol–water partition coefficient (Wildman–Crippen LogP) is 2.98. The van der Waals surface area contributed by atoms with E-state index in [4.69, 9.17) is 5.73 Å². The number of nitrogens with two attached hydrogens (primary N) is 1. The molecule has 0 saturated carbocycles. The van der Waals surface area contributed by atoms with Crippen LogP contribution in [-0.2, 0) is 11.3 Å². The first-order valence-electron chi connectivity index (χ1n) is 7.95. The average molecular weight is 291 g/mol. The van der Waals surface area contributed by atoms with Gasteiger partial charge in [0.15, 0.2) is 0 Å². The quantitative estimate of drug-likeness (QED) is 0.735. The fourth-order valence-electron chi connectivity index (χ4n) is 2.38. The Morgan fingerprint density at radius 2 is 2.00 bits per heavy atom. The van der Waals surface area contributed by atoms with Crippen molar-refractivity contribution in [2.45, 2.75) is 52.6 Å². The lowest BCUT2D eigenvalue weighted by atomic mass is 10.1. The van der Waals surface area contributed by atoms with E-state index in [1.165, 1.54) is 5.56 Å². The maximum Gasteiger partial charge on any atom is 0.225 e. The molecule has 1 rings (SSSR count). The SMILES string of the molecule is CCCC(N)CC(=O)Nc1cccc(CN(CC)CC)c1. The predicted molar refractivity (Wildman–Crippen MR) is 89.2 cm³/mol. The summed E-state index contributed by atoms with van der Waals surface area (Å²) in [6, 6.07) is 8.00. The number of hydrogen-bond acceptors (Lipinski definition) is 3. The van der Waals surface area contributed by atoms with Crippen molar-refractivity contribution in [1.82, 2.24) is 4.90 Å². The molecule has 1 unspecified atom stereocenters. The maximum atomic E-state index is 11.9. The molecule has 0 radical (unpaired) electrons. The van der Waals surface area contributed by atoms with Gasteiger partial charge in [-0.3, -0.25) is 9.69 Å². The molecular weight excluding hydrogens is 262 g/mol. The van der Waals surface area contributed by atoms with Crippen LogP contribution in [0.4, 0.5) is 5.69 Å². The molecular formula is C17H29N3O. The van der Waals surface area contributed by atoms with E-state index < -0.39 is 0 Å². The fraction of sp³-hybridized carbons (Fsp3) is 0.588. The second-order valence-corrected chi connectivity index (χ2v) is 5.46. The topological polar surface area (TPSA) is 58.4 Å². The fourth-order valence-corrected chi connectivity index (χ4v) is 2.38. The minimum atomic E-state index is -0.0474. The Labute approximate surface area is 128 Å². The summed E-state index contributed by atoms with van der Waals surface area (Å²) in [4.78, 5) is 14.3. The minimum Gasteiger partial charge on any atom is -0.327 e.